The number of rotatable bonds is 3. The summed E-state index contributed by atoms with van der Waals surface area (Å²) in [6, 6.07) is 10.6. The number of ether oxygens (including phenoxy) is 1. The summed E-state index contributed by atoms with van der Waals surface area (Å²) < 4.78 is 5.50. The molecule has 1 aromatic heterocycles. The van der Waals surface area contributed by atoms with Crippen molar-refractivity contribution in [3.8, 4) is 0 Å². The Balaban J connectivity index is 1.76. The van der Waals surface area contributed by atoms with Crippen molar-refractivity contribution < 1.29 is 9.53 Å². The minimum atomic E-state index is 0.338. The Bertz CT molecular complexity index is 702. The molecule has 2 aliphatic rings. The number of morpholine rings is 1. The highest BCUT2D eigenvalue weighted by molar-refractivity contribution is 7.18. The highest BCUT2D eigenvalue weighted by Crippen LogP contribution is 2.41. The van der Waals surface area contributed by atoms with Crippen LogP contribution >= 0.6 is 11.3 Å². The molecule has 23 heavy (non-hydrogen) atoms. The largest absolute Gasteiger partial charge is 0.378 e. The number of anilines is 1. The third-order valence-electron chi connectivity index (χ3n) is 4.70. The predicted molar refractivity (Wildman–Crippen MR) is 93.9 cm³/mol. The van der Waals surface area contributed by atoms with Crippen molar-refractivity contribution in [2.45, 2.75) is 25.7 Å². The fourth-order valence-corrected chi connectivity index (χ4v) is 4.91. The van der Waals surface area contributed by atoms with Crippen LogP contribution in [-0.4, -0.2) is 32.1 Å². The maximum atomic E-state index is 12.4. The van der Waals surface area contributed by atoms with Crippen LogP contribution < -0.4 is 4.90 Å². The molecule has 2 heterocycles. The van der Waals surface area contributed by atoms with Crippen LogP contribution in [0.5, 0.6) is 0 Å². The summed E-state index contributed by atoms with van der Waals surface area (Å²) in [5, 5.41) is 1.30. The van der Waals surface area contributed by atoms with E-state index in [1.54, 1.807) is 11.3 Å². The smallest absolute Gasteiger partial charge is 0.173 e. The van der Waals surface area contributed by atoms with Gasteiger partial charge in [0, 0.05) is 25.9 Å². The van der Waals surface area contributed by atoms with Gasteiger partial charge >= 0.3 is 0 Å². The molecule has 0 amide bonds. The minimum absolute atomic E-state index is 0.338. The number of nitrogens with zero attached hydrogens (tertiary/aromatic N) is 1. The van der Waals surface area contributed by atoms with Gasteiger partial charge < -0.3 is 9.64 Å². The lowest BCUT2D eigenvalue weighted by atomic mass is 9.92. The molecule has 0 bridgehead atoms. The van der Waals surface area contributed by atoms with Crippen LogP contribution in [-0.2, 0) is 17.6 Å². The molecule has 4 rings (SSSR count). The van der Waals surface area contributed by atoms with Crippen LogP contribution in [0, 0.1) is 0 Å². The van der Waals surface area contributed by atoms with E-state index >= 15 is 0 Å². The third-order valence-corrected chi connectivity index (χ3v) is 6.08. The highest BCUT2D eigenvalue weighted by Gasteiger charge is 2.28. The molecule has 1 aliphatic carbocycles. The molecular weight excluding hydrogens is 306 g/mol. The lowest BCUT2D eigenvalue weighted by molar-refractivity contribution is 0.0976. The second-order valence-corrected chi connectivity index (χ2v) is 7.23. The molecule has 1 saturated heterocycles. The Kier molecular flexibility index (Phi) is 4.19. The van der Waals surface area contributed by atoms with Gasteiger partial charge in [-0.3, -0.25) is 4.79 Å². The first kappa shape index (κ1) is 14.9. The molecule has 0 N–H and O–H groups in total. The fraction of sp³-hybridized carbons (Fsp3) is 0.421. The predicted octanol–water partition coefficient (Wildman–Crippen LogP) is 3.69. The molecule has 2 aromatic rings. The summed E-state index contributed by atoms with van der Waals surface area (Å²) in [4.78, 5) is 15.8. The van der Waals surface area contributed by atoms with E-state index in [9.17, 15) is 4.79 Å². The molecule has 0 unspecified atom stereocenters. The molecule has 1 fully saturated rings. The van der Waals surface area contributed by atoms with E-state index in [1.807, 2.05) is 0 Å². The lowest BCUT2D eigenvalue weighted by Gasteiger charge is -2.29. The number of Topliss-reactive ketones (excluding diaryl/α,β-unsaturated/α-hetero) is 1. The summed E-state index contributed by atoms with van der Waals surface area (Å²) in [5.41, 5.74) is 4.02. The molecule has 0 spiro atoms. The van der Waals surface area contributed by atoms with Crippen molar-refractivity contribution in [2.75, 3.05) is 31.2 Å². The van der Waals surface area contributed by atoms with Gasteiger partial charge in [-0.2, -0.15) is 0 Å². The molecule has 0 saturated carbocycles. The number of carbonyl (C=O) groups is 1. The van der Waals surface area contributed by atoms with E-state index in [2.05, 4.69) is 35.2 Å². The Morgan fingerprint density at radius 2 is 1.87 bits per heavy atom. The first-order valence-corrected chi connectivity index (χ1v) is 9.19. The third kappa shape index (κ3) is 2.93. The van der Waals surface area contributed by atoms with E-state index in [-0.39, 0.29) is 0 Å². The van der Waals surface area contributed by atoms with Gasteiger partial charge in [0.25, 0.3) is 0 Å². The van der Waals surface area contributed by atoms with Gasteiger partial charge in [-0.05, 0) is 29.5 Å². The van der Waals surface area contributed by atoms with E-state index in [1.165, 1.54) is 21.7 Å². The van der Waals surface area contributed by atoms with Crippen LogP contribution in [0.25, 0.3) is 0 Å². The summed E-state index contributed by atoms with van der Waals surface area (Å²) in [6.07, 6.45) is 3.67. The standard InChI is InChI=1S/C19H21NO2S/c21-17-8-4-7-15-16(13-14-5-2-1-3-6-14)19(23-18(15)17)20-9-11-22-12-10-20/h1-3,5-6H,4,7-13H2. The van der Waals surface area contributed by atoms with Gasteiger partial charge in [0.05, 0.1) is 23.1 Å². The topological polar surface area (TPSA) is 29.5 Å². The van der Waals surface area contributed by atoms with Crippen molar-refractivity contribution in [1.82, 2.24) is 0 Å². The molecule has 1 aromatic carbocycles. The zero-order valence-electron chi connectivity index (χ0n) is 13.2. The molecule has 3 nitrogen and oxygen atoms in total. The van der Waals surface area contributed by atoms with Crippen LogP contribution in [0.3, 0.4) is 0 Å². The van der Waals surface area contributed by atoms with Crippen LogP contribution in [0.15, 0.2) is 30.3 Å². The van der Waals surface area contributed by atoms with Crippen molar-refractivity contribution in [1.29, 1.82) is 0 Å². The number of carbonyl (C=O) groups excluding carboxylic acids is 1. The maximum Gasteiger partial charge on any atom is 0.173 e. The number of ketones is 1. The van der Waals surface area contributed by atoms with Crippen LogP contribution in [0.1, 0.15) is 39.2 Å². The fourth-order valence-electron chi connectivity index (χ4n) is 3.52. The maximum absolute atomic E-state index is 12.4. The Labute approximate surface area is 140 Å². The molecule has 120 valence electrons. The van der Waals surface area contributed by atoms with Crippen molar-refractivity contribution in [3.63, 3.8) is 0 Å². The quantitative estimate of drug-likeness (QED) is 0.861. The second kappa shape index (κ2) is 6.46. The van der Waals surface area contributed by atoms with Crippen LogP contribution in [0.2, 0.25) is 0 Å². The number of fused-ring (bicyclic) bond motifs is 1. The highest BCUT2D eigenvalue weighted by atomic mass is 32.1. The first-order chi connectivity index (χ1) is 11.3. The van der Waals surface area contributed by atoms with E-state index in [0.717, 1.165) is 50.4 Å². The minimum Gasteiger partial charge on any atom is -0.378 e. The van der Waals surface area contributed by atoms with Crippen molar-refractivity contribution in [2.24, 2.45) is 0 Å². The van der Waals surface area contributed by atoms with Crippen LogP contribution in [0.4, 0.5) is 5.00 Å². The summed E-state index contributed by atoms with van der Waals surface area (Å²) >= 11 is 1.72. The SMILES string of the molecule is O=C1CCCc2c1sc(N1CCOCC1)c2Cc1ccccc1. The van der Waals surface area contributed by atoms with Gasteiger partial charge in [0.15, 0.2) is 5.78 Å². The summed E-state index contributed by atoms with van der Waals surface area (Å²) in [6.45, 7) is 3.41. The zero-order chi connectivity index (χ0) is 15.6. The van der Waals surface area contributed by atoms with Gasteiger partial charge in [-0.25, -0.2) is 0 Å². The monoisotopic (exact) mass is 327 g/mol. The Morgan fingerprint density at radius 1 is 1.09 bits per heavy atom. The van der Waals surface area contributed by atoms with E-state index in [0.29, 0.717) is 12.2 Å². The van der Waals surface area contributed by atoms with E-state index < -0.39 is 0 Å². The Hall–Kier alpha value is -1.65. The van der Waals surface area contributed by atoms with Gasteiger partial charge in [0.2, 0.25) is 0 Å². The van der Waals surface area contributed by atoms with E-state index in [4.69, 9.17) is 4.74 Å². The number of thiophene rings is 1. The molecule has 1 aliphatic heterocycles. The first-order valence-electron chi connectivity index (χ1n) is 8.37. The molecule has 0 atom stereocenters. The number of benzene rings is 1. The average molecular weight is 327 g/mol. The number of hydrogen-bond donors (Lipinski definition) is 0. The van der Waals surface area contributed by atoms with Crippen molar-refractivity contribution >= 4 is 22.1 Å². The summed E-state index contributed by atoms with van der Waals surface area (Å²) in [5.74, 6) is 0.338. The zero-order valence-corrected chi connectivity index (χ0v) is 14.0. The molecular formula is C19H21NO2S. The van der Waals surface area contributed by atoms with Gasteiger partial charge in [-0.1, -0.05) is 30.3 Å². The second-order valence-electron chi connectivity index (χ2n) is 6.23. The number of hydrogen-bond acceptors (Lipinski definition) is 4. The normalized spacial score (nSPS) is 18.1. The lowest BCUT2D eigenvalue weighted by Crippen LogP contribution is -2.36. The van der Waals surface area contributed by atoms with Gasteiger partial charge in [-0.15, -0.1) is 11.3 Å². The molecule has 4 heteroatoms. The Morgan fingerprint density at radius 3 is 2.65 bits per heavy atom. The van der Waals surface area contributed by atoms with Gasteiger partial charge in [0.1, 0.15) is 0 Å². The average Bonchev–Trinajstić information content (AvgIpc) is 2.97. The summed E-state index contributed by atoms with van der Waals surface area (Å²) in [7, 11) is 0. The molecule has 0 radical (unpaired) electrons. The van der Waals surface area contributed by atoms with Crippen molar-refractivity contribution in [3.05, 3.63) is 51.9 Å².